The minimum Gasteiger partial charge on any atom is -0.398 e. The lowest BCUT2D eigenvalue weighted by atomic mass is 10.0. The van der Waals surface area contributed by atoms with E-state index in [4.69, 9.17) is 5.73 Å². The molecule has 4 N–H and O–H groups in total. The number of anilines is 1. The molecule has 39 heavy (non-hydrogen) atoms. The molecule has 0 amide bonds. The summed E-state index contributed by atoms with van der Waals surface area (Å²) in [6.45, 7) is 26.6. The molecule has 0 bridgehead atoms. The van der Waals surface area contributed by atoms with Crippen molar-refractivity contribution in [1.82, 2.24) is 15.5 Å². The summed E-state index contributed by atoms with van der Waals surface area (Å²) in [4.78, 5) is 6.79. The fourth-order valence-corrected chi connectivity index (χ4v) is 5.22. The molecule has 220 valence electrons. The number of hydrogen-bond donors (Lipinski definition) is 3. The largest absolute Gasteiger partial charge is 0.398 e. The van der Waals surface area contributed by atoms with E-state index in [1.54, 1.807) is 17.8 Å². The number of halogens is 1. The second-order valence-corrected chi connectivity index (χ2v) is 11.7. The van der Waals surface area contributed by atoms with Gasteiger partial charge in [0.2, 0.25) is 0 Å². The maximum atomic E-state index is 12.1. The minimum absolute atomic E-state index is 0.305. The molecule has 0 radical (unpaired) electrons. The second kappa shape index (κ2) is 16.9. The lowest BCUT2D eigenvalue weighted by Crippen LogP contribution is -2.23. The predicted octanol–water partition coefficient (Wildman–Crippen LogP) is 7.43. The number of nitrogens with one attached hydrogen (secondary N) is 2. The van der Waals surface area contributed by atoms with Crippen LogP contribution in [-0.4, -0.2) is 53.9 Å². The van der Waals surface area contributed by atoms with Gasteiger partial charge in [-0.2, -0.15) is 0 Å². The van der Waals surface area contributed by atoms with Crippen molar-refractivity contribution in [1.29, 1.82) is 0 Å². The van der Waals surface area contributed by atoms with Gasteiger partial charge in [-0.25, -0.2) is 4.39 Å². The van der Waals surface area contributed by atoms with Crippen LogP contribution in [0.5, 0.6) is 0 Å². The number of nitrogens with two attached hydrogens (primary N) is 1. The minimum atomic E-state index is -0.944. The number of alkyl halides is 1. The fourth-order valence-electron chi connectivity index (χ4n) is 4.23. The summed E-state index contributed by atoms with van der Waals surface area (Å²) >= 11 is 1.77. The first-order chi connectivity index (χ1) is 18.5. The van der Waals surface area contributed by atoms with Crippen LogP contribution in [0.1, 0.15) is 83.6 Å². The van der Waals surface area contributed by atoms with Crippen molar-refractivity contribution in [2.45, 2.75) is 102 Å². The molecule has 3 aliphatic heterocycles. The van der Waals surface area contributed by atoms with Crippen LogP contribution in [-0.2, 0) is 6.54 Å². The van der Waals surface area contributed by atoms with Gasteiger partial charge in [0, 0.05) is 36.6 Å². The third kappa shape index (κ3) is 11.5. The first-order valence-electron chi connectivity index (χ1n) is 14.3. The van der Waals surface area contributed by atoms with Crippen LogP contribution in [0.25, 0.3) is 0 Å². The molecule has 3 fully saturated rings. The molecular formula is C32H54FN5S. The van der Waals surface area contributed by atoms with Crippen LogP contribution in [0.4, 0.5) is 10.1 Å². The number of nitrogens with zero attached hydrogens (tertiary/aromatic N) is 2. The molecule has 3 heterocycles. The Morgan fingerprint density at radius 1 is 1.26 bits per heavy atom. The molecule has 1 aromatic carbocycles. The van der Waals surface area contributed by atoms with E-state index < -0.39 is 5.67 Å². The second-order valence-electron chi connectivity index (χ2n) is 10.7. The summed E-state index contributed by atoms with van der Waals surface area (Å²) in [6, 6.07) is 7.23. The highest BCUT2D eigenvalue weighted by atomic mass is 32.2. The van der Waals surface area contributed by atoms with Gasteiger partial charge in [0.25, 0.3) is 0 Å². The molecule has 0 aromatic heterocycles. The molecule has 2 saturated heterocycles. The smallest absolute Gasteiger partial charge is 0.129 e. The Morgan fingerprint density at radius 3 is 2.18 bits per heavy atom. The van der Waals surface area contributed by atoms with E-state index >= 15 is 0 Å². The summed E-state index contributed by atoms with van der Waals surface area (Å²) in [5, 5.41) is 6.98. The molecule has 3 atom stereocenters. The van der Waals surface area contributed by atoms with Gasteiger partial charge < -0.3 is 21.3 Å². The normalized spacial score (nSPS) is 24.2. The van der Waals surface area contributed by atoms with E-state index in [1.165, 1.54) is 43.3 Å². The summed E-state index contributed by atoms with van der Waals surface area (Å²) in [5.74, 6) is 0. The topological polar surface area (TPSA) is 75.6 Å². The van der Waals surface area contributed by atoms with Gasteiger partial charge in [0.15, 0.2) is 0 Å². The third-order valence-electron chi connectivity index (χ3n) is 6.90. The Kier molecular flexibility index (Phi) is 15.1. The standard InChI is InChI=1S/C12H17N3S.C10H18N2.C5H7F.C3H6.C2H6/c1-8-12(16-7-15-8)9-3-4-10(6-14-2)11(13)5-9;1-8(9-10(2,3)11-9)12-6-4-5-7-12;1-2-5(6)3-4-5;1-3-2;1-2/h3-5,7-8,12,14H,6,13H2,1-2H3;9,11H,1,4-7H2,2-3H3;2H,1,3-4H2;3H,1H2,2H3;1-2H3. The van der Waals surface area contributed by atoms with E-state index in [0.717, 1.165) is 17.8 Å². The van der Waals surface area contributed by atoms with E-state index in [1.807, 2.05) is 33.4 Å². The average molecular weight is 560 g/mol. The molecule has 3 unspecified atom stereocenters. The van der Waals surface area contributed by atoms with Crippen molar-refractivity contribution in [3.8, 4) is 0 Å². The summed E-state index contributed by atoms with van der Waals surface area (Å²) in [6.07, 6.45) is 7.19. The van der Waals surface area contributed by atoms with E-state index in [0.29, 0.717) is 35.7 Å². The number of rotatable bonds is 6. The molecule has 7 heteroatoms. The molecule has 1 saturated carbocycles. The maximum Gasteiger partial charge on any atom is 0.129 e. The highest BCUT2D eigenvalue weighted by molar-refractivity contribution is 8.12. The molecule has 5 rings (SSSR count). The van der Waals surface area contributed by atoms with Gasteiger partial charge in [0.1, 0.15) is 5.67 Å². The Labute approximate surface area is 242 Å². The number of benzene rings is 1. The van der Waals surface area contributed by atoms with Crippen molar-refractivity contribution in [3.05, 3.63) is 66.9 Å². The molecular weight excluding hydrogens is 505 g/mol. The SMILES string of the molecule is C=C(C1NC1(C)C)N1CCCC1.C=CC.C=CC1(F)CC1.CC.CNCc1ccc(C2SC=NC2C)cc1N. The van der Waals surface area contributed by atoms with Crippen molar-refractivity contribution < 1.29 is 4.39 Å². The Morgan fingerprint density at radius 2 is 1.82 bits per heavy atom. The lowest BCUT2D eigenvalue weighted by Gasteiger charge is -2.20. The van der Waals surface area contributed by atoms with Gasteiger partial charge in [-0.3, -0.25) is 4.99 Å². The zero-order valence-corrected chi connectivity index (χ0v) is 26.3. The quantitative estimate of drug-likeness (QED) is 0.192. The van der Waals surface area contributed by atoms with Crippen LogP contribution in [0.3, 0.4) is 0 Å². The van der Waals surface area contributed by atoms with E-state index in [2.05, 4.69) is 79.2 Å². The predicted molar refractivity (Wildman–Crippen MR) is 173 cm³/mol. The van der Waals surface area contributed by atoms with Gasteiger partial charge in [-0.1, -0.05) is 51.3 Å². The average Bonchev–Trinajstić information content (AvgIpc) is 3.59. The highest BCUT2D eigenvalue weighted by Gasteiger charge is 2.48. The molecule has 4 aliphatic rings. The number of hydrogen-bond acceptors (Lipinski definition) is 6. The zero-order valence-electron chi connectivity index (χ0n) is 25.5. The molecule has 1 aliphatic carbocycles. The molecule has 0 spiro atoms. The summed E-state index contributed by atoms with van der Waals surface area (Å²) in [7, 11) is 1.93. The Bertz CT molecular complexity index is 928. The Balaban J connectivity index is 0.000000290. The monoisotopic (exact) mass is 559 g/mol. The van der Waals surface area contributed by atoms with Crippen molar-refractivity contribution in [2.75, 3.05) is 25.9 Å². The number of thioether (sulfide) groups is 1. The van der Waals surface area contributed by atoms with Gasteiger partial charge >= 0.3 is 0 Å². The highest BCUT2D eigenvalue weighted by Crippen LogP contribution is 2.40. The van der Waals surface area contributed by atoms with Crippen molar-refractivity contribution >= 4 is 23.0 Å². The summed E-state index contributed by atoms with van der Waals surface area (Å²) < 4.78 is 12.1. The number of likely N-dealkylation sites (tertiary alicyclic amines) is 1. The number of allylic oxidation sites excluding steroid dienone is 2. The van der Waals surface area contributed by atoms with Gasteiger partial charge in [0.05, 0.1) is 22.9 Å². The van der Waals surface area contributed by atoms with Crippen LogP contribution in [0.15, 0.2) is 60.8 Å². The van der Waals surface area contributed by atoms with Crippen molar-refractivity contribution in [2.24, 2.45) is 4.99 Å². The number of aliphatic imine (C=N–C) groups is 1. The lowest BCUT2D eigenvalue weighted by molar-refractivity contribution is 0.381. The fraction of sp³-hybridized carbons (Fsp3) is 0.594. The maximum absolute atomic E-state index is 12.1. The molecule has 5 nitrogen and oxygen atoms in total. The van der Waals surface area contributed by atoms with Crippen LogP contribution >= 0.6 is 11.8 Å². The van der Waals surface area contributed by atoms with Crippen LogP contribution in [0, 0.1) is 0 Å². The van der Waals surface area contributed by atoms with E-state index in [9.17, 15) is 4.39 Å². The van der Waals surface area contributed by atoms with Crippen LogP contribution in [0.2, 0.25) is 0 Å². The summed E-state index contributed by atoms with van der Waals surface area (Å²) in [5.41, 5.74) is 11.9. The first-order valence-corrected chi connectivity index (χ1v) is 15.3. The van der Waals surface area contributed by atoms with Crippen LogP contribution < -0.4 is 16.4 Å². The zero-order chi connectivity index (χ0) is 29.6. The third-order valence-corrected chi connectivity index (χ3v) is 8.10. The Hall–Kier alpha value is -2.09. The van der Waals surface area contributed by atoms with Gasteiger partial charge in [-0.15, -0.1) is 18.3 Å². The van der Waals surface area contributed by atoms with E-state index in [-0.39, 0.29) is 0 Å². The molecule has 1 aromatic rings. The number of nitrogen functional groups attached to an aromatic ring is 1. The van der Waals surface area contributed by atoms with Gasteiger partial charge in [-0.05, 0) is 77.6 Å². The first kappa shape index (κ1) is 34.9. The van der Waals surface area contributed by atoms with Crippen molar-refractivity contribution in [3.63, 3.8) is 0 Å².